The first-order valence-electron chi connectivity index (χ1n) is 6.22. The van der Waals surface area contributed by atoms with Crippen molar-refractivity contribution in [1.82, 2.24) is 10.3 Å². The number of hydrogen-bond donors (Lipinski definition) is 1. The fourth-order valence-corrected chi connectivity index (χ4v) is 1.62. The Bertz CT molecular complexity index is 386. The summed E-state index contributed by atoms with van der Waals surface area (Å²) in [7, 11) is 0. The minimum absolute atomic E-state index is 0.684. The van der Waals surface area contributed by atoms with Gasteiger partial charge in [0.15, 0.2) is 0 Å². The number of hydrogen-bond acceptors (Lipinski definition) is 3. The van der Waals surface area contributed by atoms with Crippen molar-refractivity contribution in [2.45, 2.75) is 38.8 Å². The Balaban J connectivity index is 1.97. The van der Waals surface area contributed by atoms with Crippen LogP contribution in [0.4, 0.5) is 0 Å². The highest BCUT2D eigenvalue weighted by molar-refractivity contribution is 5.33. The third kappa shape index (κ3) is 3.86. The van der Waals surface area contributed by atoms with E-state index >= 15 is 0 Å². The molecule has 1 N–H and O–H groups in total. The SMILES string of the molecule is C=CCCOc1cc(C)ncc1CNC1CC1. The Morgan fingerprint density at radius 3 is 3.12 bits per heavy atom. The van der Waals surface area contributed by atoms with Crippen LogP contribution in [0.2, 0.25) is 0 Å². The van der Waals surface area contributed by atoms with Crippen molar-refractivity contribution in [3.8, 4) is 5.75 Å². The van der Waals surface area contributed by atoms with Crippen LogP contribution >= 0.6 is 0 Å². The van der Waals surface area contributed by atoms with E-state index < -0.39 is 0 Å². The molecule has 2 rings (SSSR count). The van der Waals surface area contributed by atoms with Gasteiger partial charge in [0.25, 0.3) is 0 Å². The molecule has 0 aromatic carbocycles. The smallest absolute Gasteiger partial charge is 0.127 e. The van der Waals surface area contributed by atoms with E-state index in [-0.39, 0.29) is 0 Å². The van der Waals surface area contributed by atoms with Gasteiger partial charge in [-0.3, -0.25) is 4.98 Å². The van der Waals surface area contributed by atoms with Crippen molar-refractivity contribution in [3.63, 3.8) is 0 Å². The van der Waals surface area contributed by atoms with Gasteiger partial charge in [-0.1, -0.05) is 6.08 Å². The second-order valence-electron chi connectivity index (χ2n) is 4.51. The second kappa shape index (κ2) is 5.82. The van der Waals surface area contributed by atoms with Crippen LogP contribution in [0.1, 0.15) is 30.5 Å². The van der Waals surface area contributed by atoms with Crippen molar-refractivity contribution < 1.29 is 4.74 Å². The monoisotopic (exact) mass is 232 g/mol. The number of rotatable bonds is 7. The highest BCUT2D eigenvalue weighted by Crippen LogP contribution is 2.22. The predicted molar refractivity (Wildman–Crippen MR) is 69.1 cm³/mol. The molecule has 17 heavy (non-hydrogen) atoms. The fraction of sp³-hybridized carbons (Fsp3) is 0.500. The number of ether oxygens (including phenoxy) is 1. The lowest BCUT2D eigenvalue weighted by molar-refractivity contribution is 0.320. The summed E-state index contributed by atoms with van der Waals surface area (Å²) in [5.74, 6) is 0.951. The Kier molecular flexibility index (Phi) is 4.15. The highest BCUT2D eigenvalue weighted by Gasteiger charge is 2.20. The first-order chi connectivity index (χ1) is 8.29. The zero-order valence-electron chi connectivity index (χ0n) is 10.4. The Hall–Kier alpha value is -1.35. The Morgan fingerprint density at radius 2 is 2.41 bits per heavy atom. The van der Waals surface area contributed by atoms with Crippen molar-refractivity contribution >= 4 is 0 Å². The van der Waals surface area contributed by atoms with Crippen LogP contribution in [0, 0.1) is 6.92 Å². The summed E-state index contributed by atoms with van der Waals surface area (Å²) < 4.78 is 5.76. The molecule has 0 aliphatic heterocycles. The van der Waals surface area contributed by atoms with E-state index in [4.69, 9.17) is 4.74 Å². The van der Waals surface area contributed by atoms with Gasteiger partial charge in [0.2, 0.25) is 0 Å². The molecule has 3 nitrogen and oxygen atoms in total. The Labute approximate surface area is 103 Å². The summed E-state index contributed by atoms with van der Waals surface area (Å²) in [4.78, 5) is 4.33. The molecule has 1 aromatic rings. The molecule has 0 atom stereocenters. The van der Waals surface area contributed by atoms with Crippen LogP contribution in [0.5, 0.6) is 5.75 Å². The third-order valence-corrected chi connectivity index (χ3v) is 2.82. The van der Waals surface area contributed by atoms with Crippen molar-refractivity contribution in [2.24, 2.45) is 0 Å². The molecule has 0 spiro atoms. The van der Waals surface area contributed by atoms with Crippen molar-refractivity contribution in [3.05, 3.63) is 36.2 Å². The molecular formula is C14H20N2O. The number of aromatic nitrogens is 1. The van der Waals surface area contributed by atoms with E-state index in [1.54, 1.807) is 0 Å². The fourth-order valence-electron chi connectivity index (χ4n) is 1.62. The second-order valence-corrected chi connectivity index (χ2v) is 4.51. The van der Waals surface area contributed by atoms with E-state index in [0.29, 0.717) is 12.6 Å². The van der Waals surface area contributed by atoms with Crippen LogP contribution in [0.25, 0.3) is 0 Å². The zero-order valence-corrected chi connectivity index (χ0v) is 10.4. The molecule has 1 aromatic heterocycles. The molecule has 1 aliphatic carbocycles. The van der Waals surface area contributed by atoms with Crippen LogP contribution in [0.3, 0.4) is 0 Å². The molecule has 1 saturated carbocycles. The summed E-state index contributed by atoms with van der Waals surface area (Å²) in [6.45, 7) is 7.21. The van der Waals surface area contributed by atoms with Gasteiger partial charge in [-0.2, -0.15) is 0 Å². The topological polar surface area (TPSA) is 34.1 Å². The van der Waals surface area contributed by atoms with Gasteiger partial charge in [0.1, 0.15) is 5.75 Å². The molecule has 0 bridgehead atoms. The van der Waals surface area contributed by atoms with Crippen LogP contribution < -0.4 is 10.1 Å². The lowest BCUT2D eigenvalue weighted by Crippen LogP contribution is -2.16. The first kappa shape index (κ1) is 12.1. The van der Waals surface area contributed by atoms with E-state index in [1.807, 2.05) is 25.3 Å². The molecular weight excluding hydrogens is 212 g/mol. The highest BCUT2D eigenvalue weighted by atomic mass is 16.5. The molecule has 0 amide bonds. The van der Waals surface area contributed by atoms with Gasteiger partial charge < -0.3 is 10.1 Å². The van der Waals surface area contributed by atoms with Gasteiger partial charge in [0.05, 0.1) is 6.61 Å². The molecule has 92 valence electrons. The maximum absolute atomic E-state index is 5.76. The van der Waals surface area contributed by atoms with Gasteiger partial charge in [-0.25, -0.2) is 0 Å². The molecule has 0 unspecified atom stereocenters. The third-order valence-electron chi connectivity index (χ3n) is 2.82. The number of nitrogens with one attached hydrogen (secondary N) is 1. The van der Waals surface area contributed by atoms with Gasteiger partial charge in [-0.15, -0.1) is 6.58 Å². The summed E-state index contributed by atoms with van der Waals surface area (Å²) in [5.41, 5.74) is 2.14. The van der Waals surface area contributed by atoms with Gasteiger partial charge >= 0.3 is 0 Å². The average Bonchev–Trinajstić information content (AvgIpc) is 3.12. The van der Waals surface area contributed by atoms with E-state index in [0.717, 1.165) is 30.0 Å². The molecule has 0 saturated heterocycles. The van der Waals surface area contributed by atoms with Gasteiger partial charge in [0, 0.05) is 36.1 Å². The maximum Gasteiger partial charge on any atom is 0.127 e. The standard InChI is InChI=1S/C14H20N2O/c1-3-4-7-17-14-8-11(2)15-9-12(14)10-16-13-5-6-13/h3,8-9,13,16H,1,4-7,10H2,2H3. The molecule has 1 fully saturated rings. The average molecular weight is 232 g/mol. The Morgan fingerprint density at radius 1 is 1.59 bits per heavy atom. The molecule has 1 aliphatic rings. The first-order valence-corrected chi connectivity index (χ1v) is 6.22. The summed E-state index contributed by atoms with van der Waals surface area (Å²) in [5, 5.41) is 3.48. The normalized spacial score (nSPS) is 14.6. The van der Waals surface area contributed by atoms with E-state index in [9.17, 15) is 0 Å². The quantitative estimate of drug-likeness (QED) is 0.579. The van der Waals surface area contributed by atoms with Crippen molar-refractivity contribution in [2.75, 3.05) is 6.61 Å². The lowest BCUT2D eigenvalue weighted by Gasteiger charge is -2.11. The van der Waals surface area contributed by atoms with Crippen LogP contribution in [-0.2, 0) is 6.54 Å². The van der Waals surface area contributed by atoms with Crippen LogP contribution in [-0.4, -0.2) is 17.6 Å². The number of nitrogens with zero attached hydrogens (tertiary/aromatic N) is 1. The minimum atomic E-state index is 0.684. The van der Waals surface area contributed by atoms with E-state index in [1.165, 1.54) is 12.8 Å². The van der Waals surface area contributed by atoms with Crippen LogP contribution in [0.15, 0.2) is 24.9 Å². The summed E-state index contributed by atoms with van der Waals surface area (Å²) in [6.07, 6.45) is 7.25. The summed E-state index contributed by atoms with van der Waals surface area (Å²) >= 11 is 0. The largest absolute Gasteiger partial charge is 0.493 e. The molecule has 0 radical (unpaired) electrons. The van der Waals surface area contributed by atoms with Gasteiger partial charge in [-0.05, 0) is 26.2 Å². The van der Waals surface area contributed by atoms with E-state index in [2.05, 4.69) is 16.9 Å². The summed E-state index contributed by atoms with van der Waals surface area (Å²) in [6, 6.07) is 2.71. The maximum atomic E-state index is 5.76. The molecule has 3 heteroatoms. The predicted octanol–water partition coefficient (Wildman–Crippen LogP) is 2.60. The number of aryl methyl sites for hydroxylation is 1. The number of pyridine rings is 1. The lowest BCUT2D eigenvalue weighted by atomic mass is 10.2. The van der Waals surface area contributed by atoms with Crippen molar-refractivity contribution in [1.29, 1.82) is 0 Å². The zero-order chi connectivity index (χ0) is 12.1. The molecule has 1 heterocycles. The minimum Gasteiger partial charge on any atom is -0.493 e.